The Morgan fingerprint density at radius 2 is 1.90 bits per heavy atom. The first-order valence-corrected chi connectivity index (χ1v) is 7.98. The van der Waals surface area contributed by atoms with Crippen LogP contribution in [-0.2, 0) is 22.9 Å². The summed E-state index contributed by atoms with van der Waals surface area (Å²) in [6, 6.07) is 14.0. The highest BCUT2D eigenvalue weighted by molar-refractivity contribution is 7.86. The Balaban J connectivity index is 1.83. The van der Waals surface area contributed by atoms with Crippen LogP contribution in [0.25, 0.3) is 11.0 Å². The van der Waals surface area contributed by atoms with Crippen molar-refractivity contribution in [3.63, 3.8) is 0 Å². The van der Waals surface area contributed by atoms with Crippen molar-refractivity contribution in [2.45, 2.75) is 5.75 Å². The zero-order valence-electron chi connectivity index (χ0n) is 11.4. The lowest BCUT2D eigenvalue weighted by Gasteiger charge is -2.07. The first-order chi connectivity index (χ1) is 10.0. The second kappa shape index (κ2) is 5.21. The summed E-state index contributed by atoms with van der Waals surface area (Å²) in [6.07, 6.45) is 1.67. The average Bonchev–Trinajstić information content (AvgIpc) is 2.80. The molecule has 0 aliphatic heterocycles. The van der Waals surface area contributed by atoms with Gasteiger partial charge in [0.1, 0.15) is 11.5 Å². The van der Waals surface area contributed by atoms with Crippen molar-refractivity contribution in [3.05, 3.63) is 60.4 Å². The van der Waals surface area contributed by atoms with Crippen LogP contribution in [0.1, 0.15) is 5.56 Å². The van der Waals surface area contributed by atoms with Gasteiger partial charge in [-0.2, -0.15) is 8.42 Å². The predicted molar refractivity (Wildman–Crippen MR) is 80.4 cm³/mol. The molecule has 1 aromatic heterocycles. The maximum absolute atomic E-state index is 12.1. The molecule has 5 nitrogen and oxygen atoms in total. The zero-order valence-corrected chi connectivity index (χ0v) is 12.2. The molecule has 3 rings (SSSR count). The van der Waals surface area contributed by atoms with Gasteiger partial charge in [0.15, 0.2) is 0 Å². The number of fused-ring (bicyclic) bond motifs is 1. The molecule has 0 saturated carbocycles. The average molecular weight is 302 g/mol. The minimum Gasteiger partial charge on any atom is -0.382 e. The van der Waals surface area contributed by atoms with E-state index in [1.165, 1.54) is 0 Å². The Labute approximate surface area is 122 Å². The lowest BCUT2D eigenvalue weighted by molar-refractivity contribution is 0.485. The standard InChI is InChI=1S/C15H14N2O3S/c1-17-11-16-14-9-13(7-8-15(14)17)20-21(18,19)10-12-5-3-2-4-6-12/h2-9,11H,10H2,1H3. The zero-order chi connectivity index (χ0) is 14.9. The minimum atomic E-state index is -3.68. The molecule has 0 bridgehead atoms. The summed E-state index contributed by atoms with van der Waals surface area (Å²) in [5, 5.41) is 0. The molecule has 0 atom stereocenters. The van der Waals surface area contributed by atoms with E-state index in [2.05, 4.69) is 4.98 Å². The Bertz CT molecular complexity index is 870. The lowest BCUT2D eigenvalue weighted by Crippen LogP contribution is -2.12. The van der Waals surface area contributed by atoms with E-state index in [-0.39, 0.29) is 11.5 Å². The number of hydrogen-bond donors (Lipinski definition) is 0. The maximum atomic E-state index is 12.1. The third-order valence-corrected chi connectivity index (χ3v) is 4.24. The summed E-state index contributed by atoms with van der Waals surface area (Å²) in [7, 11) is -1.81. The molecule has 0 unspecified atom stereocenters. The van der Waals surface area contributed by atoms with Crippen molar-refractivity contribution in [1.29, 1.82) is 0 Å². The smallest absolute Gasteiger partial charge is 0.313 e. The first kappa shape index (κ1) is 13.6. The third-order valence-electron chi connectivity index (χ3n) is 3.11. The van der Waals surface area contributed by atoms with Crippen molar-refractivity contribution in [1.82, 2.24) is 9.55 Å². The van der Waals surface area contributed by atoms with Gasteiger partial charge in [-0.3, -0.25) is 0 Å². The van der Waals surface area contributed by atoms with Gasteiger partial charge >= 0.3 is 10.1 Å². The summed E-state index contributed by atoms with van der Waals surface area (Å²) in [4.78, 5) is 4.18. The number of imidazole rings is 1. The number of nitrogens with zero attached hydrogens (tertiary/aromatic N) is 2. The molecular weight excluding hydrogens is 288 g/mol. The van der Waals surface area contributed by atoms with Crippen LogP contribution >= 0.6 is 0 Å². The van der Waals surface area contributed by atoms with Crippen molar-refractivity contribution >= 4 is 21.2 Å². The van der Waals surface area contributed by atoms with Crippen molar-refractivity contribution < 1.29 is 12.6 Å². The van der Waals surface area contributed by atoms with Crippen LogP contribution in [0.4, 0.5) is 0 Å². The maximum Gasteiger partial charge on any atom is 0.313 e. The summed E-state index contributed by atoms with van der Waals surface area (Å²) >= 11 is 0. The fraction of sp³-hybridized carbons (Fsp3) is 0.133. The fourth-order valence-electron chi connectivity index (χ4n) is 2.12. The van der Waals surface area contributed by atoms with E-state index in [0.29, 0.717) is 11.1 Å². The predicted octanol–water partition coefficient (Wildman–Crippen LogP) is 2.48. The molecule has 21 heavy (non-hydrogen) atoms. The summed E-state index contributed by atoms with van der Waals surface area (Å²) in [6.45, 7) is 0. The second-order valence-corrected chi connectivity index (χ2v) is 6.35. The molecule has 0 amide bonds. The van der Waals surface area contributed by atoms with Crippen LogP contribution in [0.2, 0.25) is 0 Å². The summed E-state index contributed by atoms with van der Waals surface area (Å²) in [5.41, 5.74) is 2.31. The van der Waals surface area contributed by atoms with Crippen LogP contribution in [0, 0.1) is 0 Å². The monoisotopic (exact) mass is 302 g/mol. The van der Waals surface area contributed by atoms with Crippen molar-refractivity contribution in [2.24, 2.45) is 7.05 Å². The number of aromatic nitrogens is 2. The van der Waals surface area contributed by atoms with Gasteiger partial charge in [-0.1, -0.05) is 30.3 Å². The van der Waals surface area contributed by atoms with E-state index in [1.54, 1.807) is 48.8 Å². The number of benzene rings is 2. The largest absolute Gasteiger partial charge is 0.382 e. The normalized spacial score (nSPS) is 11.7. The highest BCUT2D eigenvalue weighted by Gasteiger charge is 2.14. The molecule has 0 aliphatic carbocycles. The van der Waals surface area contributed by atoms with Crippen LogP contribution in [0.15, 0.2) is 54.9 Å². The highest BCUT2D eigenvalue weighted by atomic mass is 32.2. The van der Waals surface area contributed by atoms with E-state index in [1.807, 2.05) is 17.7 Å². The number of aryl methyl sites for hydroxylation is 1. The molecule has 0 N–H and O–H groups in total. The number of hydrogen-bond acceptors (Lipinski definition) is 4. The minimum absolute atomic E-state index is 0.159. The molecule has 3 aromatic rings. The SMILES string of the molecule is Cn1cnc2cc(OS(=O)(=O)Cc3ccccc3)ccc21. The number of rotatable bonds is 4. The molecular formula is C15H14N2O3S. The summed E-state index contributed by atoms with van der Waals surface area (Å²) < 4.78 is 31.1. The van der Waals surface area contributed by atoms with Gasteiger partial charge in [0.05, 0.1) is 17.4 Å². The van der Waals surface area contributed by atoms with E-state index in [0.717, 1.165) is 5.52 Å². The Hall–Kier alpha value is -2.34. The molecule has 0 saturated heterocycles. The molecule has 0 aliphatic rings. The molecule has 0 fully saturated rings. The van der Waals surface area contributed by atoms with Gasteiger partial charge in [0.25, 0.3) is 0 Å². The molecule has 2 aromatic carbocycles. The lowest BCUT2D eigenvalue weighted by atomic mass is 10.2. The van der Waals surface area contributed by atoms with E-state index in [9.17, 15) is 8.42 Å². The highest BCUT2D eigenvalue weighted by Crippen LogP contribution is 2.21. The van der Waals surface area contributed by atoms with Gasteiger partial charge in [-0.05, 0) is 17.7 Å². The Kier molecular flexibility index (Phi) is 3.39. The third kappa shape index (κ3) is 3.05. The van der Waals surface area contributed by atoms with Crippen LogP contribution in [0.5, 0.6) is 5.75 Å². The molecule has 6 heteroatoms. The van der Waals surface area contributed by atoms with E-state index in [4.69, 9.17) is 4.18 Å². The van der Waals surface area contributed by atoms with Crippen molar-refractivity contribution in [3.8, 4) is 5.75 Å². The van der Waals surface area contributed by atoms with Crippen LogP contribution in [0.3, 0.4) is 0 Å². The van der Waals surface area contributed by atoms with E-state index >= 15 is 0 Å². The molecule has 0 spiro atoms. The van der Waals surface area contributed by atoms with Gasteiger partial charge in [-0.15, -0.1) is 0 Å². The quantitative estimate of drug-likeness (QED) is 0.695. The summed E-state index contributed by atoms with van der Waals surface area (Å²) in [5.74, 6) is 0.116. The Morgan fingerprint density at radius 3 is 2.67 bits per heavy atom. The fourth-order valence-corrected chi connectivity index (χ4v) is 3.18. The van der Waals surface area contributed by atoms with Gasteiger partial charge in [0, 0.05) is 13.1 Å². The van der Waals surface area contributed by atoms with E-state index < -0.39 is 10.1 Å². The molecule has 1 heterocycles. The van der Waals surface area contributed by atoms with Crippen LogP contribution < -0.4 is 4.18 Å². The van der Waals surface area contributed by atoms with Gasteiger partial charge in [-0.25, -0.2) is 4.98 Å². The van der Waals surface area contributed by atoms with Gasteiger partial charge in [0.2, 0.25) is 0 Å². The topological polar surface area (TPSA) is 61.2 Å². The van der Waals surface area contributed by atoms with Gasteiger partial charge < -0.3 is 8.75 Å². The second-order valence-electron chi connectivity index (χ2n) is 4.78. The van der Waals surface area contributed by atoms with Crippen molar-refractivity contribution in [2.75, 3.05) is 0 Å². The molecule has 108 valence electrons. The Morgan fingerprint density at radius 1 is 1.14 bits per heavy atom. The first-order valence-electron chi connectivity index (χ1n) is 6.41. The molecule has 0 radical (unpaired) electrons. The van der Waals surface area contributed by atoms with Crippen LogP contribution in [-0.4, -0.2) is 18.0 Å².